The number of hydrogen-bond donors (Lipinski definition) is 0. The molecule has 0 aromatic carbocycles. The molecule has 10 heavy (non-hydrogen) atoms. The lowest BCUT2D eigenvalue weighted by atomic mass is 10.0. The van der Waals surface area contributed by atoms with Gasteiger partial charge in [-0.2, -0.15) is 0 Å². The third-order valence-electron chi connectivity index (χ3n) is 1.95. The van der Waals surface area contributed by atoms with E-state index in [1.54, 1.807) is 27.9 Å². The van der Waals surface area contributed by atoms with Crippen molar-refractivity contribution in [3.8, 4) is 0 Å². The average molecular weight is 143 g/mol. The van der Waals surface area contributed by atoms with E-state index in [9.17, 15) is 9.59 Å². The molecule has 0 fully saturated rings. The smallest absolute Gasteiger partial charge is 0.283 e. The fourth-order valence-corrected chi connectivity index (χ4v) is 0.249. The molecule has 57 valence electrons. The molecular weight excluding hydrogens is 130 g/mol. The first-order chi connectivity index (χ1) is 4.37. The van der Waals surface area contributed by atoms with Crippen LogP contribution in [-0.4, -0.2) is 36.8 Å². The van der Waals surface area contributed by atoms with Crippen LogP contribution in [0.15, 0.2) is 0 Å². The number of quaternary nitrogens is 1. The second kappa shape index (κ2) is 2.50. The van der Waals surface area contributed by atoms with Gasteiger partial charge in [0.25, 0.3) is 6.29 Å². The molecule has 0 unspecified atom stereocenters. The van der Waals surface area contributed by atoms with E-state index in [0.717, 1.165) is 6.41 Å². The Morgan fingerprint density at radius 3 is 1.90 bits per heavy atom. The topological polar surface area (TPSA) is 34.1 Å². The third-order valence-corrected chi connectivity index (χ3v) is 1.95. The number of amides is 1. The number of nitrogens with zero attached hydrogens (tertiary/aromatic N) is 1. The van der Waals surface area contributed by atoms with Gasteiger partial charge in [0.15, 0.2) is 5.54 Å². The molecule has 0 aliphatic carbocycles. The molecule has 0 aromatic heterocycles. The molecule has 0 heterocycles. The van der Waals surface area contributed by atoms with Gasteiger partial charge in [-0.3, -0.25) is 9.28 Å². The summed E-state index contributed by atoms with van der Waals surface area (Å²) in [7, 11) is 3.33. The molecule has 3 heteroatoms. The molecule has 0 spiro atoms. The Morgan fingerprint density at radius 1 is 1.40 bits per heavy atom. The van der Waals surface area contributed by atoms with Crippen LogP contribution in [0, 0.1) is 0 Å². The fraction of sp³-hybridized carbons (Fsp3) is 0.714. The largest absolute Gasteiger partial charge is 0.301 e. The van der Waals surface area contributed by atoms with Crippen molar-refractivity contribution in [1.82, 2.24) is 0 Å². The molecule has 0 bridgehead atoms. The van der Waals surface area contributed by atoms with Gasteiger partial charge in [-0.05, 0) is 13.8 Å². The lowest BCUT2D eigenvalue weighted by molar-refractivity contribution is -0.843. The van der Waals surface area contributed by atoms with Gasteiger partial charge in [0.05, 0.1) is 14.1 Å². The van der Waals surface area contributed by atoms with Gasteiger partial charge in [-0.15, -0.1) is 0 Å². The molecule has 0 aliphatic rings. The summed E-state index contributed by atoms with van der Waals surface area (Å²) in [6.45, 7) is 3.35. The predicted molar refractivity (Wildman–Crippen MR) is 37.9 cm³/mol. The lowest BCUT2D eigenvalue weighted by Crippen LogP contribution is -2.56. The molecule has 0 saturated carbocycles. The summed E-state index contributed by atoms with van der Waals surface area (Å²) in [6.07, 6.45) is 2.55. The number of rotatable bonds is 3. The summed E-state index contributed by atoms with van der Waals surface area (Å²) in [5.74, 6) is 0. The zero-order chi connectivity index (χ0) is 8.41. The standard InChI is InChI=1S/C7H13NO2/c1-7(2,5-9)8(3,4)6-10/h6H,1-4H3/q+1. The zero-order valence-corrected chi connectivity index (χ0v) is 6.84. The van der Waals surface area contributed by atoms with E-state index in [0.29, 0.717) is 0 Å². The first kappa shape index (κ1) is 9.30. The Balaban J connectivity index is 4.59. The SMILES string of the molecule is CC(C)([C]=O)[N+](C)(C)C=O. The van der Waals surface area contributed by atoms with Crippen molar-refractivity contribution in [3.05, 3.63) is 0 Å². The second-order valence-electron chi connectivity index (χ2n) is 3.31. The molecule has 0 aromatic rings. The highest BCUT2D eigenvalue weighted by Crippen LogP contribution is 2.13. The van der Waals surface area contributed by atoms with Gasteiger partial charge >= 0.3 is 6.41 Å². The van der Waals surface area contributed by atoms with Gasteiger partial charge in [0, 0.05) is 0 Å². The Labute approximate surface area is 61.2 Å². The summed E-state index contributed by atoms with van der Waals surface area (Å²) >= 11 is 0. The van der Waals surface area contributed by atoms with Crippen molar-refractivity contribution >= 4 is 12.7 Å². The number of carbonyl (C=O) groups excluding carboxylic acids is 2. The zero-order valence-electron chi connectivity index (χ0n) is 6.84. The molecule has 0 rings (SSSR count). The van der Waals surface area contributed by atoms with Gasteiger partial charge in [-0.25, -0.2) is 4.79 Å². The number of likely N-dealkylation sites (N-methyl/N-ethyl adjacent to an activating group) is 1. The molecule has 3 nitrogen and oxygen atoms in total. The van der Waals surface area contributed by atoms with Crippen LogP contribution < -0.4 is 0 Å². The molecule has 0 atom stereocenters. The van der Waals surface area contributed by atoms with E-state index in [1.807, 2.05) is 6.29 Å². The maximum atomic E-state index is 10.4. The highest BCUT2D eigenvalue weighted by Gasteiger charge is 2.37. The normalized spacial score (nSPS) is 12.8. The van der Waals surface area contributed by atoms with E-state index < -0.39 is 5.54 Å². The van der Waals surface area contributed by atoms with E-state index in [4.69, 9.17) is 0 Å². The predicted octanol–water partition coefficient (Wildman–Crippen LogP) is 0.107. The van der Waals surface area contributed by atoms with Crippen molar-refractivity contribution < 1.29 is 14.1 Å². The van der Waals surface area contributed by atoms with Crippen LogP contribution in [0.25, 0.3) is 0 Å². The Hall–Kier alpha value is -0.700. The summed E-state index contributed by atoms with van der Waals surface area (Å²) in [4.78, 5) is 20.8. The fourth-order valence-electron chi connectivity index (χ4n) is 0.249. The molecule has 1 radical (unpaired) electrons. The van der Waals surface area contributed by atoms with E-state index in [-0.39, 0.29) is 4.48 Å². The summed E-state index contributed by atoms with van der Waals surface area (Å²) in [6, 6.07) is 0. The van der Waals surface area contributed by atoms with E-state index in [2.05, 4.69) is 0 Å². The van der Waals surface area contributed by atoms with Gasteiger partial charge in [0.2, 0.25) is 0 Å². The highest BCUT2D eigenvalue weighted by molar-refractivity contribution is 5.63. The van der Waals surface area contributed by atoms with E-state index >= 15 is 0 Å². The van der Waals surface area contributed by atoms with E-state index in [1.165, 1.54) is 0 Å². The number of carbonyl (C=O) groups is 1. The highest BCUT2D eigenvalue weighted by atomic mass is 16.2. The van der Waals surface area contributed by atoms with Crippen LogP contribution in [0.2, 0.25) is 0 Å². The van der Waals surface area contributed by atoms with Gasteiger partial charge < -0.3 is 0 Å². The first-order valence-electron chi connectivity index (χ1n) is 3.07. The van der Waals surface area contributed by atoms with Crippen molar-refractivity contribution in [2.45, 2.75) is 19.4 Å². The van der Waals surface area contributed by atoms with Crippen molar-refractivity contribution in [2.75, 3.05) is 14.1 Å². The summed E-state index contributed by atoms with van der Waals surface area (Å²) in [5.41, 5.74) is -0.748. The monoisotopic (exact) mass is 143 g/mol. The van der Waals surface area contributed by atoms with Crippen LogP contribution in [0.5, 0.6) is 0 Å². The Bertz CT molecular complexity index is 132. The Kier molecular flexibility index (Phi) is 2.33. The molecular formula is C7H13NO2+. The van der Waals surface area contributed by atoms with Crippen LogP contribution in [0.1, 0.15) is 13.8 Å². The molecule has 1 amide bonds. The number of hydrogen-bond acceptors (Lipinski definition) is 2. The molecule has 0 aliphatic heterocycles. The minimum absolute atomic E-state index is 0.0104. The quantitative estimate of drug-likeness (QED) is 0.415. The van der Waals surface area contributed by atoms with Gasteiger partial charge in [-0.1, -0.05) is 0 Å². The second-order valence-corrected chi connectivity index (χ2v) is 3.31. The maximum Gasteiger partial charge on any atom is 0.301 e. The minimum atomic E-state index is -0.748. The van der Waals surface area contributed by atoms with Crippen LogP contribution in [0.4, 0.5) is 0 Å². The van der Waals surface area contributed by atoms with Crippen LogP contribution in [0.3, 0.4) is 0 Å². The minimum Gasteiger partial charge on any atom is -0.283 e. The molecule has 0 N–H and O–H groups in total. The van der Waals surface area contributed by atoms with Gasteiger partial charge in [0.1, 0.15) is 0 Å². The third kappa shape index (κ3) is 1.42. The van der Waals surface area contributed by atoms with Crippen LogP contribution >= 0.6 is 0 Å². The van der Waals surface area contributed by atoms with Crippen molar-refractivity contribution in [3.63, 3.8) is 0 Å². The van der Waals surface area contributed by atoms with Crippen LogP contribution in [-0.2, 0) is 9.59 Å². The van der Waals surface area contributed by atoms with Crippen molar-refractivity contribution in [1.29, 1.82) is 0 Å². The molecule has 0 saturated heterocycles. The summed E-state index contributed by atoms with van der Waals surface area (Å²) in [5, 5.41) is 0. The lowest BCUT2D eigenvalue weighted by Gasteiger charge is -2.33. The first-order valence-corrected chi connectivity index (χ1v) is 3.07. The average Bonchev–Trinajstić information content (AvgIpc) is 1.88. The Morgan fingerprint density at radius 2 is 1.80 bits per heavy atom. The summed E-state index contributed by atoms with van der Waals surface area (Å²) < 4.78 is 0.0104. The maximum absolute atomic E-state index is 10.4. The van der Waals surface area contributed by atoms with Crippen molar-refractivity contribution in [2.24, 2.45) is 0 Å².